The van der Waals surface area contributed by atoms with E-state index in [0.29, 0.717) is 10.6 Å². The summed E-state index contributed by atoms with van der Waals surface area (Å²) in [5.41, 5.74) is -4.88. The van der Waals surface area contributed by atoms with E-state index in [4.69, 9.17) is 26.5 Å². The Morgan fingerprint density at radius 2 is 1.67 bits per heavy atom. The number of hydrogen-bond acceptors (Lipinski definition) is 6. The second-order valence-corrected chi connectivity index (χ2v) is 8.34. The molecular formula is C23H14ClF3N4O2. The highest BCUT2D eigenvalue weighted by Crippen LogP contribution is 2.69. The van der Waals surface area contributed by atoms with E-state index in [1.54, 1.807) is 18.2 Å². The van der Waals surface area contributed by atoms with Gasteiger partial charge in [0.15, 0.2) is 5.41 Å². The summed E-state index contributed by atoms with van der Waals surface area (Å²) in [5.74, 6) is -3.41. The van der Waals surface area contributed by atoms with E-state index in [1.807, 2.05) is 18.2 Å². The van der Waals surface area contributed by atoms with Crippen molar-refractivity contribution in [2.24, 2.45) is 16.7 Å². The molecule has 166 valence electrons. The van der Waals surface area contributed by atoms with Crippen molar-refractivity contribution < 1.29 is 22.6 Å². The molecule has 4 rings (SSSR count). The van der Waals surface area contributed by atoms with Gasteiger partial charge in [0.2, 0.25) is 17.1 Å². The molecule has 0 aliphatic carbocycles. The minimum absolute atomic E-state index is 0.0577. The van der Waals surface area contributed by atoms with Gasteiger partial charge in [0.05, 0.1) is 29.7 Å². The van der Waals surface area contributed by atoms with E-state index in [9.17, 15) is 29.0 Å². The molecule has 0 aromatic heterocycles. The van der Waals surface area contributed by atoms with Crippen LogP contribution in [0.2, 0.25) is 5.02 Å². The molecule has 0 amide bonds. The second-order valence-electron chi connectivity index (χ2n) is 7.90. The summed E-state index contributed by atoms with van der Waals surface area (Å²) in [6.07, 6.45) is -6.10. The lowest BCUT2D eigenvalue weighted by atomic mass is 9.53. The van der Waals surface area contributed by atoms with Crippen molar-refractivity contribution >= 4 is 17.5 Å². The highest BCUT2D eigenvalue weighted by Gasteiger charge is 2.79. The van der Waals surface area contributed by atoms with Gasteiger partial charge in [0, 0.05) is 10.6 Å². The summed E-state index contributed by atoms with van der Waals surface area (Å²) in [4.78, 5) is 0. The molecule has 6 nitrogen and oxygen atoms in total. The quantitative estimate of drug-likeness (QED) is 0.625. The molecule has 4 unspecified atom stereocenters. The zero-order valence-electron chi connectivity index (χ0n) is 16.9. The number of alkyl halides is 3. The third kappa shape index (κ3) is 2.78. The number of rotatable bonds is 2. The molecule has 2 aliphatic heterocycles. The maximum absolute atomic E-state index is 13.1. The van der Waals surface area contributed by atoms with Crippen molar-refractivity contribution in [3.8, 4) is 18.2 Å². The van der Waals surface area contributed by atoms with Gasteiger partial charge in [-0.3, -0.25) is 5.41 Å². The van der Waals surface area contributed by atoms with Crippen LogP contribution in [0.3, 0.4) is 0 Å². The van der Waals surface area contributed by atoms with Crippen LogP contribution < -0.4 is 0 Å². The zero-order valence-corrected chi connectivity index (χ0v) is 17.7. The van der Waals surface area contributed by atoms with Crippen LogP contribution in [0.4, 0.5) is 13.2 Å². The molecule has 0 saturated carbocycles. The van der Waals surface area contributed by atoms with Crippen LogP contribution in [0, 0.1) is 56.2 Å². The van der Waals surface area contributed by atoms with E-state index in [1.165, 1.54) is 13.0 Å². The van der Waals surface area contributed by atoms with E-state index >= 15 is 0 Å². The Hall–Kier alpha value is -3.58. The molecule has 10 heteroatoms. The van der Waals surface area contributed by atoms with Crippen molar-refractivity contribution in [2.45, 2.75) is 25.0 Å². The third-order valence-electron chi connectivity index (χ3n) is 6.44. The SMILES string of the molecule is CC1C2(c3cccc(Cl)c3)OC(=N)C1(C#N)C(C#N)(C#N)C(c1ccc(C(F)(F)F)cc1)O2. The first-order valence-corrected chi connectivity index (χ1v) is 10.0. The zero-order chi connectivity index (χ0) is 24.2. The summed E-state index contributed by atoms with van der Waals surface area (Å²) in [6.45, 7) is 1.53. The molecule has 2 aliphatic rings. The average Bonchev–Trinajstić information content (AvgIpc) is 2.95. The van der Waals surface area contributed by atoms with Gasteiger partial charge in [0.1, 0.15) is 6.10 Å². The predicted octanol–water partition coefficient (Wildman–Crippen LogP) is 5.47. The van der Waals surface area contributed by atoms with E-state index in [2.05, 4.69) is 0 Å². The van der Waals surface area contributed by atoms with Crippen molar-refractivity contribution in [3.63, 3.8) is 0 Å². The molecular weight excluding hydrogens is 457 g/mol. The highest BCUT2D eigenvalue weighted by atomic mass is 35.5. The molecule has 2 bridgehead atoms. The lowest BCUT2D eigenvalue weighted by molar-refractivity contribution is -0.288. The number of benzene rings is 2. The predicted molar refractivity (Wildman–Crippen MR) is 108 cm³/mol. The van der Waals surface area contributed by atoms with Crippen molar-refractivity contribution in [1.82, 2.24) is 0 Å². The molecule has 2 fully saturated rings. The first-order valence-electron chi connectivity index (χ1n) is 9.65. The van der Waals surface area contributed by atoms with Crippen LogP contribution in [0.1, 0.15) is 29.7 Å². The first kappa shape index (κ1) is 22.6. The third-order valence-corrected chi connectivity index (χ3v) is 6.67. The van der Waals surface area contributed by atoms with Gasteiger partial charge in [0.25, 0.3) is 0 Å². The van der Waals surface area contributed by atoms with Gasteiger partial charge in [-0.05, 0) is 29.8 Å². The smallest absolute Gasteiger partial charge is 0.416 e. The topological polar surface area (TPSA) is 114 Å². The molecule has 2 saturated heterocycles. The number of nitrogens with zero attached hydrogens (tertiary/aromatic N) is 3. The fourth-order valence-corrected chi connectivity index (χ4v) is 4.91. The van der Waals surface area contributed by atoms with E-state index in [-0.39, 0.29) is 5.56 Å². The number of hydrogen-bond donors (Lipinski definition) is 1. The van der Waals surface area contributed by atoms with Crippen LogP contribution in [0.15, 0.2) is 48.5 Å². The van der Waals surface area contributed by atoms with Gasteiger partial charge in [-0.25, -0.2) is 0 Å². The van der Waals surface area contributed by atoms with Gasteiger partial charge in [-0.1, -0.05) is 42.8 Å². The standard InChI is InChI=1S/C23H14ClF3N4O2/c1-13-21(12-30)19(31)33-22(13,16-3-2-4-17(24)9-16)32-18(20(21,10-28)11-29)14-5-7-15(8-6-14)23(25,26)27/h2-9,13,18,31H,1H3. The summed E-state index contributed by atoms with van der Waals surface area (Å²) >= 11 is 6.13. The first-order chi connectivity index (χ1) is 15.5. The molecule has 2 aromatic rings. The molecule has 2 heterocycles. The number of halogens is 4. The van der Waals surface area contributed by atoms with E-state index < -0.39 is 46.3 Å². The van der Waals surface area contributed by atoms with Crippen LogP contribution in [-0.2, 0) is 21.4 Å². The Bertz CT molecular complexity index is 1260. The normalized spacial score (nSPS) is 29.9. The Kier molecular flexibility index (Phi) is 4.94. The Balaban J connectivity index is 1.99. The highest BCUT2D eigenvalue weighted by molar-refractivity contribution is 6.30. The van der Waals surface area contributed by atoms with Crippen LogP contribution in [0.25, 0.3) is 0 Å². The van der Waals surface area contributed by atoms with E-state index in [0.717, 1.165) is 24.3 Å². The summed E-state index contributed by atoms with van der Waals surface area (Å²) in [5, 5.41) is 39.4. The van der Waals surface area contributed by atoms with Gasteiger partial charge in [-0.15, -0.1) is 0 Å². The largest absolute Gasteiger partial charge is 0.443 e. The fourth-order valence-electron chi connectivity index (χ4n) is 4.72. The summed E-state index contributed by atoms with van der Waals surface area (Å²) < 4.78 is 51.3. The maximum Gasteiger partial charge on any atom is 0.416 e. The second kappa shape index (κ2) is 7.22. The molecule has 1 N–H and O–H groups in total. The van der Waals surface area contributed by atoms with Crippen LogP contribution >= 0.6 is 11.6 Å². The number of fused-ring (bicyclic) bond motifs is 2. The van der Waals surface area contributed by atoms with Gasteiger partial charge < -0.3 is 9.47 Å². The fraction of sp³-hybridized carbons (Fsp3) is 0.304. The van der Waals surface area contributed by atoms with Gasteiger partial charge >= 0.3 is 6.18 Å². The lowest BCUT2D eigenvalue weighted by Gasteiger charge is -2.48. The Morgan fingerprint density at radius 3 is 2.18 bits per heavy atom. The molecule has 33 heavy (non-hydrogen) atoms. The molecule has 2 aromatic carbocycles. The average molecular weight is 471 g/mol. The lowest BCUT2D eigenvalue weighted by Crippen LogP contribution is -2.57. The summed E-state index contributed by atoms with van der Waals surface area (Å²) in [6, 6.07) is 15.7. The minimum Gasteiger partial charge on any atom is -0.443 e. The minimum atomic E-state index is -4.60. The monoisotopic (exact) mass is 470 g/mol. The van der Waals surface area contributed by atoms with Crippen molar-refractivity contribution in [2.75, 3.05) is 0 Å². The number of nitriles is 3. The maximum atomic E-state index is 13.1. The molecule has 0 spiro atoms. The van der Waals surface area contributed by atoms with Gasteiger partial charge in [-0.2, -0.15) is 29.0 Å². The van der Waals surface area contributed by atoms with Crippen molar-refractivity contribution in [3.05, 3.63) is 70.2 Å². The summed E-state index contributed by atoms with van der Waals surface area (Å²) in [7, 11) is 0. The van der Waals surface area contributed by atoms with Crippen molar-refractivity contribution in [1.29, 1.82) is 21.2 Å². The van der Waals surface area contributed by atoms with Crippen LogP contribution in [-0.4, -0.2) is 5.90 Å². The Morgan fingerprint density at radius 1 is 1.03 bits per heavy atom. The molecule has 4 atom stereocenters. The number of ether oxygens (including phenoxy) is 2. The molecule has 0 radical (unpaired) electrons. The number of nitrogens with one attached hydrogen (secondary N) is 1. The van der Waals surface area contributed by atoms with Crippen LogP contribution in [0.5, 0.6) is 0 Å². The Labute approximate surface area is 191 Å².